The first-order valence-corrected chi connectivity index (χ1v) is 10.9. The van der Waals surface area contributed by atoms with Crippen LogP contribution in [0.1, 0.15) is 76.4 Å². The van der Waals surface area contributed by atoms with Crippen LogP contribution in [0.2, 0.25) is 0 Å². The second-order valence-corrected chi connectivity index (χ2v) is 8.81. The van der Waals surface area contributed by atoms with Crippen molar-refractivity contribution < 1.29 is 0 Å². The molecule has 154 valence electrons. The van der Waals surface area contributed by atoms with Crippen molar-refractivity contribution in [2.24, 2.45) is 0 Å². The molecule has 4 heterocycles. The van der Waals surface area contributed by atoms with Gasteiger partial charge >= 0.3 is 0 Å². The molecule has 0 amide bonds. The Bertz CT molecular complexity index is 960. The van der Waals surface area contributed by atoms with Gasteiger partial charge in [0.1, 0.15) is 6.33 Å². The van der Waals surface area contributed by atoms with Crippen molar-refractivity contribution in [1.82, 2.24) is 34.7 Å². The molecule has 3 atom stereocenters. The molecule has 2 fully saturated rings. The summed E-state index contributed by atoms with van der Waals surface area (Å²) in [6, 6.07) is 1.44. The fraction of sp³-hybridized carbons (Fsp3) is 0.619. The van der Waals surface area contributed by atoms with Crippen LogP contribution in [0.4, 0.5) is 11.5 Å². The maximum absolute atomic E-state index is 4.96. The van der Waals surface area contributed by atoms with Gasteiger partial charge in [0.25, 0.3) is 0 Å². The van der Waals surface area contributed by atoms with Crippen LogP contribution in [0.25, 0.3) is 5.65 Å². The molecular formula is C21H30N8. The van der Waals surface area contributed by atoms with Crippen LogP contribution >= 0.6 is 0 Å². The molecule has 1 aliphatic heterocycles. The van der Waals surface area contributed by atoms with E-state index in [1.165, 1.54) is 32.1 Å². The topological polar surface area (TPSA) is 85.0 Å². The largest absolute Gasteiger partial charge is 0.334 e. The monoisotopic (exact) mass is 394 g/mol. The summed E-state index contributed by atoms with van der Waals surface area (Å²) in [5.74, 6) is 1.27. The van der Waals surface area contributed by atoms with Crippen molar-refractivity contribution in [3.05, 3.63) is 30.6 Å². The normalized spacial score (nSPS) is 26.1. The van der Waals surface area contributed by atoms with Crippen molar-refractivity contribution in [3.8, 4) is 0 Å². The number of nitrogens with zero attached hydrogens (tertiary/aromatic N) is 6. The molecule has 8 heteroatoms. The molecule has 0 aromatic carbocycles. The first kappa shape index (κ1) is 18.5. The Morgan fingerprint density at radius 3 is 2.62 bits per heavy atom. The highest BCUT2D eigenvalue weighted by Crippen LogP contribution is 2.33. The number of hydrogen-bond donors (Lipinski definition) is 2. The highest BCUT2D eigenvalue weighted by molar-refractivity contribution is 5.68. The molecular weight excluding hydrogens is 364 g/mol. The Labute approximate surface area is 171 Å². The van der Waals surface area contributed by atoms with E-state index in [4.69, 9.17) is 4.98 Å². The van der Waals surface area contributed by atoms with Gasteiger partial charge < -0.3 is 10.6 Å². The lowest BCUT2D eigenvalue weighted by atomic mass is 9.87. The van der Waals surface area contributed by atoms with Crippen LogP contribution in [0.15, 0.2) is 24.9 Å². The molecule has 3 aromatic rings. The summed E-state index contributed by atoms with van der Waals surface area (Å²) in [5, 5.41) is 16.1. The third-order valence-corrected chi connectivity index (χ3v) is 6.36. The number of hydrogen-bond acceptors (Lipinski definition) is 6. The van der Waals surface area contributed by atoms with Crippen LogP contribution in [0, 0.1) is 0 Å². The summed E-state index contributed by atoms with van der Waals surface area (Å²) in [5.41, 5.74) is 2.81. The van der Waals surface area contributed by atoms with E-state index in [1.54, 1.807) is 6.33 Å². The fourth-order valence-corrected chi connectivity index (χ4v) is 5.02. The Hall–Kier alpha value is -2.48. The van der Waals surface area contributed by atoms with Crippen LogP contribution in [0.5, 0.6) is 0 Å². The summed E-state index contributed by atoms with van der Waals surface area (Å²) in [6.07, 6.45) is 16.1. The summed E-state index contributed by atoms with van der Waals surface area (Å²) in [4.78, 5) is 9.37. The van der Waals surface area contributed by atoms with E-state index in [-0.39, 0.29) is 0 Å². The zero-order valence-corrected chi connectivity index (χ0v) is 17.3. The SMILES string of the molecule is C[C@@H]1C[C@@H](n2cc(Nc3nc(C4CCCCC4)cn4ncnc34)cn2)C[C@H](C)N1. The second kappa shape index (κ2) is 7.74. The van der Waals surface area contributed by atoms with E-state index in [9.17, 15) is 0 Å². The molecule has 2 N–H and O–H groups in total. The van der Waals surface area contributed by atoms with E-state index in [1.807, 2.05) is 16.9 Å². The Morgan fingerprint density at radius 2 is 1.83 bits per heavy atom. The van der Waals surface area contributed by atoms with E-state index < -0.39 is 0 Å². The second-order valence-electron chi connectivity index (χ2n) is 8.81. The summed E-state index contributed by atoms with van der Waals surface area (Å²) < 4.78 is 3.95. The molecule has 0 bridgehead atoms. The highest BCUT2D eigenvalue weighted by Gasteiger charge is 2.25. The minimum Gasteiger partial charge on any atom is -0.334 e. The molecule has 1 saturated carbocycles. The minimum absolute atomic E-state index is 0.423. The molecule has 0 spiro atoms. The zero-order chi connectivity index (χ0) is 19.8. The number of aromatic nitrogens is 6. The Morgan fingerprint density at radius 1 is 1.03 bits per heavy atom. The molecule has 1 aliphatic carbocycles. The van der Waals surface area contributed by atoms with Gasteiger partial charge in [0, 0.05) is 24.2 Å². The molecule has 29 heavy (non-hydrogen) atoms. The van der Waals surface area contributed by atoms with Gasteiger partial charge in [-0.3, -0.25) is 4.68 Å². The first-order valence-electron chi connectivity index (χ1n) is 10.9. The molecule has 5 rings (SSSR count). The lowest BCUT2D eigenvalue weighted by Crippen LogP contribution is -2.43. The van der Waals surface area contributed by atoms with Crippen molar-refractivity contribution in [1.29, 1.82) is 0 Å². The van der Waals surface area contributed by atoms with Crippen LogP contribution in [-0.2, 0) is 0 Å². The predicted molar refractivity (Wildman–Crippen MR) is 112 cm³/mol. The maximum Gasteiger partial charge on any atom is 0.198 e. The lowest BCUT2D eigenvalue weighted by Gasteiger charge is -2.32. The molecule has 0 radical (unpaired) electrons. The predicted octanol–water partition coefficient (Wildman–Crippen LogP) is 3.81. The number of nitrogens with one attached hydrogen (secondary N) is 2. The number of piperidine rings is 1. The molecule has 1 saturated heterocycles. The average Bonchev–Trinajstić information content (AvgIpc) is 3.37. The summed E-state index contributed by atoms with van der Waals surface area (Å²) >= 11 is 0. The molecule has 8 nitrogen and oxygen atoms in total. The first-order chi connectivity index (χ1) is 14.2. The lowest BCUT2D eigenvalue weighted by molar-refractivity contribution is 0.250. The van der Waals surface area contributed by atoms with Gasteiger partial charge in [-0.1, -0.05) is 19.3 Å². The fourth-order valence-electron chi connectivity index (χ4n) is 5.02. The highest BCUT2D eigenvalue weighted by atomic mass is 15.3. The van der Waals surface area contributed by atoms with E-state index in [2.05, 4.69) is 50.5 Å². The van der Waals surface area contributed by atoms with Crippen LogP contribution < -0.4 is 10.6 Å². The standard InChI is InChI=1S/C21H30N8/c1-14-8-18(9-15(2)25-14)28-11-17(10-23-28)26-20-21-22-13-24-29(21)12-19(27-20)16-6-4-3-5-7-16/h10-16,18,25H,3-9H2,1-2H3,(H,26,27)/t14-,15+,18-. The maximum atomic E-state index is 4.96. The van der Waals surface area contributed by atoms with Gasteiger partial charge in [-0.2, -0.15) is 10.2 Å². The van der Waals surface area contributed by atoms with Gasteiger partial charge in [0.15, 0.2) is 11.5 Å². The third-order valence-electron chi connectivity index (χ3n) is 6.36. The third kappa shape index (κ3) is 3.85. The Balaban J connectivity index is 1.40. The number of anilines is 2. The molecule has 2 aliphatic rings. The molecule has 0 unspecified atom stereocenters. The minimum atomic E-state index is 0.423. The van der Waals surface area contributed by atoms with Gasteiger partial charge in [0.2, 0.25) is 0 Å². The van der Waals surface area contributed by atoms with E-state index >= 15 is 0 Å². The van der Waals surface area contributed by atoms with E-state index in [0.717, 1.165) is 35.7 Å². The zero-order valence-electron chi connectivity index (χ0n) is 17.3. The quantitative estimate of drug-likeness (QED) is 0.700. The van der Waals surface area contributed by atoms with Crippen molar-refractivity contribution in [3.63, 3.8) is 0 Å². The van der Waals surface area contributed by atoms with Crippen molar-refractivity contribution in [2.75, 3.05) is 5.32 Å². The smallest absolute Gasteiger partial charge is 0.198 e. The molecule has 3 aromatic heterocycles. The summed E-state index contributed by atoms with van der Waals surface area (Å²) in [7, 11) is 0. The van der Waals surface area contributed by atoms with Gasteiger partial charge in [-0.25, -0.2) is 14.5 Å². The van der Waals surface area contributed by atoms with Crippen LogP contribution in [0.3, 0.4) is 0 Å². The van der Waals surface area contributed by atoms with Gasteiger partial charge in [0.05, 0.1) is 29.8 Å². The van der Waals surface area contributed by atoms with Crippen LogP contribution in [-0.4, -0.2) is 41.4 Å². The average molecular weight is 395 g/mol. The van der Waals surface area contributed by atoms with Gasteiger partial charge in [-0.05, 0) is 39.5 Å². The Kier molecular flexibility index (Phi) is 4.95. The van der Waals surface area contributed by atoms with Crippen molar-refractivity contribution >= 4 is 17.2 Å². The number of fused-ring (bicyclic) bond motifs is 1. The van der Waals surface area contributed by atoms with E-state index in [0.29, 0.717) is 24.0 Å². The number of rotatable bonds is 4. The summed E-state index contributed by atoms with van der Waals surface area (Å²) in [6.45, 7) is 4.49. The van der Waals surface area contributed by atoms with Crippen molar-refractivity contribution in [2.45, 2.75) is 82.8 Å². The van der Waals surface area contributed by atoms with Gasteiger partial charge in [-0.15, -0.1) is 0 Å².